The number of ether oxygens (including phenoxy) is 1. The van der Waals surface area contributed by atoms with E-state index in [4.69, 9.17) is 4.74 Å². The van der Waals surface area contributed by atoms with Gasteiger partial charge in [0.15, 0.2) is 0 Å². The molecule has 0 saturated carbocycles. The van der Waals surface area contributed by atoms with E-state index >= 15 is 0 Å². The normalized spacial score (nSPS) is 13.0. The minimum atomic E-state index is 0.489. The Balaban J connectivity index is 2.98. The first-order chi connectivity index (χ1) is 6.16. The smallest absolute Gasteiger partial charge is 0.216 e. The van der Waals surface area contributed by atoms with Gasteiger partial charge in [-0.1, -0.05) is 26.8 Å². The van der Waals surface area contributed by atoms with Crippen molar-refractivity contribution in [1.82, 2.24) is 4.98 Å². The summed E-state index contributed by atoms with van der Waals surface area (Å²) in [5.41, 5.74) is 1.19. The third kappa shape index (κ3) is 2.20. The van der Waals surface area contributed by atoms with E-state index in [-0.39, 0.29) is 0 Å². The molecule has 13 heavy (non-hydrogen) atoms. The molecule has 0 N–H and O–H groups in total. The van der Waals surface area contributed by atoms with E-state index in [0.717, 1.165) is 5.88 Å². The molecule has 2 nitrogen and oxygen atoms in total. The van der Waals surface area contributed by atoms with Gasteiger partial charge in [0, 0.05) is 11.8 Å². The highest BCUT2D eigenvalue weighted by Crippen LogP contribution is 2.29. The minimum Gasteiger partial charge on any atom is -0.481 e. The summed E-state index contributed by atoms with van der Waals surface area (Å²) >= 11 is 0. The van der Waals surface area contributed by atoms with E-state index in [1.165, 1.54) is 5.56 Å². The van der Waals surface area contributed by atoms with Gasteiger partial charge in [0.05, 0.1) is 7.11 Å². The molecule has 0 aliphatic heterocycles. The Morgan fingerprint density at radius 3 is 2.54 bits per heavy atom. The Morgan fingerprint density at radius 2 is 2.00 bits per heavy atom. The monoisotopic (exact) mass is 179 g/mol. The number of nitrogens with zero attached hydrogens (tertiary/aromatic N) is 1. The molecule has 0 aliphatic carbocycles. The summed E-state index contributed by atoms with van der Waals surface area (Å²) in [5, 5.41) is 0. The molecule has 1 atom stereocenters. The van der Waals surface area contributed by atoms with E-state index in [1.54, 1.807) is 13.3 Å². The summed E-state index contributed by atoms with van der Waals surface area (Å²) in [6.07, 6.45) is 1.76. The van der Waals surface area contributed by atoms with Crippen LogP contribution in [-0.2, 0) is 0 Å². The fourth-order valence-electron chi connectivity index (χ4n) is 1.28. The van der Waals surface area contributed by atoms with E-state index in [1.807, 2.05) is 6.07 Å². The van der Waals surface area contributed by atoms with Crippen molar-refractivity contribution in [3.8, 4) is 5.88 Å². The highest BCUT2D eigenvalue weighted by atomic mass is 16.5. The van der Waals surface area contributed by atoms with Crippen LogP contribution in [0, 0.1) is 5.92 Å². The van der Waals surface area contributed by atoms with Crippen molar-refractivity contribution in [3.63, 3.8) is 0 Å². The largest absolute Gasteiger partial charge is 0.481 e. The van der Waals surface area contributed by atoms with Crippen LogP contribution in [0.5, 0.6) is 5.88 Å². The van der Waals surface area contributed by atoms with Crippen molar-refractivity contribution in [1.29, 1.82) is 0 Å². The first-order valence-electron chi connectivity index (χ1n) is 4.65. The Bertz CT molecular complexity index is 271. The zero-order chi connectivity index (χ0) is 9.84. The van der Waals surface area contributed by atoms with Crippen molar-refractivity contribution in [2.45, 2.75) is 26.7 Å². The van der Waals surface area contributed by atoms with Gasteiger partial charge in [-0.25, -0.2) is 4.98 Å². The van der Waals surface area contributed by atoms with E-state index in [0.29, 0.717) is 11.8 Å². The first kappa shape index (κ1) is 10.0. The standard InChI is InChI=1S/C11H17NO/c1-8(2)9(3)10-6-5-7-12-11(10)13-4/h5-9H,1-4H3/t9-/m1/s1. The van der Waals surface area contributed by atoms with E-state index in [2.05, 4.69) is 31.8 Å². The topological polar surface area (TPSA) is 22.1 Å². The fourth-order valence-corrected chi connectivity index (χ4v) is 1.28. The summed E-state index contributed by atoms with van der Waals surface area (Å²) in [7, 11) is 1.67. The van der Waals surface area contributed by atoms with Crippen molar-refractivity contribution in [2.24, 2.45) is 5.92 Å². The zero-order valence-corrected chi connectivity index (χ0v) is 8.74. The van der Waals surface area contributed by atoms with Gasteiger partial charge >= 0.3 is 0 Å². The van der Waals surface area contributed by atoms with Crippen molar-refractivity contribution < 1.29 is 4.74 Å². The number of rotatable bonds is 3. The van der Waals surface area contributed by atoms with Crippen LogP contribution >= 0.6 is 0 Å². The van der Waals surface area contributed by atoms with Crippen LogP contribution < -0.4 is 4.74 Å². The van der Waals surface area contributed by atoms with Crippen molar-refractivity contribution in [3.05, 3.63) is 23.9 Å². The summed E-state index contributed by atoms with van der Waals surface area (Å²) in [6.45, 7) is 6.61. The molecule has 0 saturated heterocycles. The molecule has 1 rings (SSSR count). The molecule has 0 spiro atoms. The maximum atomic E-state index is 5.21. The second kappa shape index (κ2) is 4.26. The summed E-state index contributed by atoms with van der Waals surface area (Å²) in [6, 6.07) is 4.03. The van der Waals surface area contributed by atoms with E-state index < -0.39 is 0 Å². The second-order valence-corrected chi connectivity index (χ2v) is 3.63. The molecule has 2 heteroatoms. The predicted octanol–water partition coefficient (Wildman–Crippen LogP) is 2.85. The molecule has 0 aliphatic rings. The van der Waals surface area contributed by atoms with Crippen LogP contribution in [-0.4, -0.2) is 12.1 Å². The Labute approximate surface area is 80.0 Å². The SMILES string of the molecule is COc1ncccc1[C@H](C)C(C)C. The van der Waals surface area contributed by atoms with Gasteiger partial charge in [-0.05, 0) is 17.9 Å². The maximum absolute atomic E-state index is 5.21. The summed E-state index contributed by atoms with van der Waals surface area (Å²) in [4.78, 5) is 4.18. The number of hydrogen-bond acceptors (Lipinski definition) is 2. The molecule has 1 heterocycles. The van der Waals surface area contributed by atoms with Crippen molar-refractivity contribution in [2.75, 3.05) is 7.11 Å². The van der Waals surface area contributed by atoms with Gasteiger partial charge in [0.1, 0.15) is 0 Å². The highest BCUT2D eigenvalue weighted by Gasteiger charge is 2.14. The lowest BCUT2D eigenvalue weighted by Crippen LogP contribution is -2.05. The fraction of sp³-hybridized carbons (Fsp3) is 0.545. The number of aromatic nitrogens is 1. The first-order valence-corrected chi connectivity index (χ1v) is 4.65. The minimum absolute atomic E-state index is 0.489. The van der Waals surface area contributed by atoms with Crippen LogP contribution in [0.25, 0.3) is 0 Å². The van der Waals surface area contributed by atoms with Gasteiger partial charge in [0.25, 0.3) is 0 Å². The van der Waals surface area contributed by atoms with Crippen LogP contribution in [0.3, 0.4) is 0 Å². The molecular weight excluding hydrogens is 162 g/mol. The van der Waals surface area contributed by atoms with Crippen LogP contribution in [0.15, 0.2) is 18.3 Å². The molecular formula is C11H17NO. The molecule has 72 valence electrons. The molecule has 0 radical (unpaired) electrons. The van der Waals surface area contributed by atoms with Gasteiger partial charge in [-0.2, -0.15) is 0 Å². The van der Waals surface area contributed by atoms with Gasteiger partial charge < -0.3 is 4.74 Å². The summed E-state index contributed by atoms with van der Waals surface area (Å²) in [5.74, 6) is 1.85. The lowest BCUT2D eigenvalue weighted by atomic mass is 9.91. The second-order valence-electron chi connectivity index (χ2n) is 3.63. The number of methoxy groups -OCH3 is 1. The molecule has 0 bridgehead atoms. The van der Waals surface area contributed by atoms with Gasteiger partial charge in [-0.15, -0.1) is 0 Å². The molecule has 1 aromatic rings. The Hall–Kier alpha value is -1.05. The lowest BCUT2D eigenvalue weighted by Gasteiger charge is -2.17. The summed E-state index contributed by atoms with van der Waals surface area (Å²) < 4.78 is 5.21. The molecule has 0 amide bonds. The van der Waals surface area contributed by atoms with Crippen LogP contribution in [0.4, 0.5) is 0 Å². The zero-order valence-electron chi connectivity index (χ0n) is 8.74. The molecule has 0 aromatic carbocycles. The number of hydrogen-bond donors (Lipinski definition) is 0. The molecule has 0 fully saturated rings. The third-order valence-electron chi connectivity index (χ3n) is 2.48. The lowest BCUT2D eigenvalue weighted by molar-refractivity contribution is 0.382. The predicted molar refractivity (Wildman–Crippen MR) is 54.0 cm³/mol. The average Bonchev–Trinajstić information content (AvgIpc) is 2.16. The average molecular weight is 179 g/mol. The third-order valence-corrected chi connectivity index (χ3v) is 2.48. The van der Waals surface area contributed by atoms with Crippen LogP contribution in [0.2, 0.25) is 0 Å². The highest BCUT2D eigenvalue weighted by molar-refractivity contribution is 5.29. The molecule has 0 unspecified atom stereocenters. The van der Waals surface area contributed by atoms with E-state index in [9.17, 15) is 0 Å². The number of pyridine rings is 1. The Kier molecular flexibility index (Phi) is 3.29. The Morgan fingerprint density at radius 1 is 1.31 bits per heavy atom. The van der Waals surface area contributed by atoms with Crippen LogP contribution in [0.1, 0.15) is 32.3 Å². The van der Waals surface area contributed by atoms with Gasteiger partial charge in [0.2, 0.25) is 5.88 Å². The maximum Gasteiger partial charge on any atom is 0.216 e. The quantitative estimate of drug-likeness (QED) is 0.711. The van der Waals surface area contributed by atoms with Gasteiger partial charge in [-0.3, -0.25) is 0 Å². The van der Waals surface area contributed by atoms with Crippen molar-refractivity contribution >= 4 is 0 Å². The molecule has 1 aromatic heterocycles.